The maximum atomic E-state index is 12.1. The summed E-state index contributed by atoms with van der Waals surface area (Å²) in [4.78, 5) is 39.7. The van der Waals surface area contributed by atoms with Gasteiger partial charge in [0, 0.05) is 41.5 Å². The van der Waals surface area contributed by atoms with E-state index in [9.17, 15) is 14.4 Å². The normalized spacial score (nSPS) is 15.1. The molecule has 0 unspecified atom stereocenters. The number of furan rings is 1. The molecule has 4 rings (SSSR count). The first-order chi connectivity index (χ1) is 14.0. The highest BCUT2D eigenvalue weighted by atomic mass is 32.2. The number of carbonyl (C=O) groups excluding carboxylic acids is 3. The number of aromatic nitrogens is 1. The monoisotopic (exact) mass is 407 g/mol. The van der Waals surface area contributed by atoms with Crippen molar-refractivity contribution in [1.29, 1.82) is 0 Å². The molecule has 1 aliphatic heterocycles. The molecule has 0 aliphatic carbocycles. The quantitative estimate of drug-likeness (QED) is 0.621. The Bertz CT molecular complexity index is 1150. The Morgan fingerprint density at radius 3 is 2.72 bits per heavy atom. The standard InChI is InChI=1S/C21H17N3O4S/c1-2-7-23-19(25)13-5-3-12(4-6-13)16-11-22-10-14-8-15(28-18(14)16)9-17-20(26)24-21(27)29-17/h3-6,8-11H,2,7H2,1H3,(H,23,25)(H,24,26,27)/b17-9-. The molecule has 3 heterocycles. The highest BCUT2D eigenvalue weighted by Gasteiger charge is 2.25. The van der Waals surface area contributed by atoms with Crippen LogP contribution in [0.3, 0.4) is 0 Å². The molecule has 8 heteroatoms. The molecule has 1 aliphatic rings. The Hall–Kier alpha value is -3.39. The number of hydrogen-bond acceptors (Lipinski definition) is 6. The zero-order chi connectivity index (χ0) is 20.4. The second-order valence-corrected chi connectivity index (χ2v) is 7.45. The highest BCUT2D eigenvalue weighted by Crippen LogP contribution is 2.32. The van der Waals surface area contributed by atoms with Crippen molar-refractivity contribution in [3.8, 4) is 11.1 Å². The topological polar surface area (TPSA) is 101 Å². The van der Waals surface area contributed by atoms with Crippen LogP contribution in [0.5, 0.6) is 0 Å². The molecule has 3 amide bonds. The second-order valence-electron chi connectivity index (χ2n) is 6.44. The molecule has 0 saturated carbocycles. The van der Waals surface area contributed by atoms with E-state index < -0.39 is 11.1 Å². The molecule has 7 nitrogen and oxygen atoms in total. The minimum Gasteiger partial charge on any atom is -0.456 e. The maximum absolute atomic E-state index is 12.1. The predicted octanol–water partition coefficient (Wildman–Crippen LogP) is 3.96. The van der Waals surface area contributed by atoms with E-state index in [0.29, 0.717) is 23.5 Å². The smallest absolute Gasteiger partial charge is 0.290 e. The lowest BCUT2D eigenvalue weighted by molar-refractivity contribution is -0.115. The lowest BCUT2D eigenvalue weighted by Gasteiger charge is -2.06. The molecule has 0 spiro atoms. The molecule has 0 radical (unpaired) electrons. The van der Waals surface area contributed by atoms with Crippen molar-refractivity contribution in [2.45, 2.75) is 13.3 Å². The molecule has 3 aromatic rings. The van der Waals surface area contributed by atoms with Crippen molar-refractivity contribution in [2.75, 3.05) is 6.54 Å². The largest absolute Gasteiger partial charge is 0.456 e. The van der Waals surface area contributed by atoms with Gasteiger partial charge in [0.25, 0.3) is 17.1 Å². The number of hydrogen-bond donors (Lipinski definition) is 2. The molecular weight excluding hydrogens is 390 g/mol. The van der Waals surface area contributed by atoms with Gasteiger partial charge in [0.15, 0.2) is 0 Å². The summed E-state index contributed by atoms with van der Waals surface area (Å²) < 4.78 is 5.93. The number of imide groups is 1. The fourth-order valence-electron chi connectivity index (χ4n) is 2.95. The van der Waals surface area contributed by atoms with Gasteiger partial charge >= 0.3 is 0 Å². The zero-order valence-electron chi connectivity index (χ0n) is 15.5. The average molecular weight is 407 g/mol. The first kappa shape index (κ1) is 18.9. The lowest BCUT2D eigenvalue weighted by Crippen LogP contribution is -2.23. The number of nitrogens with zero attached hydrogens (tertiary/aromatic N) is 1. The number of thioether (sulfide) groups is 1. The van der Waals surface area contributed by atoms with Crippen LogP contribution in [0.2, 0.25) is 0 Å². The van der Waals surface area contributed by atoms with Gasteiger partial charge in [0.05, 0.1) is 4.91 Å². The summed E-state index contributed by atoms with van der Waals surface area (Å²) in [5, 5.41) is 5.43. The predicted molar refractivity (Wildman–Crippen MR) is 111 cm³/mol. The fraction of sp³-hybridized carbons (Fsp3) is 0.143. The molecule has 2 N–H and O–H groups in total. The van der Waals surface area contributed by atoms with E-state index in [2.05, 4.69) is 15.6 Å². The van der Waals surface area contributed by atoms with Gasteiger partial charge in [0.1, 0.15) is 11.3 Å². The third-order valence-electron chi connectivity index (χ3n) is 4.35. The zero-order valence-corrected chi connectivity index (χ0v) is 16.3. The van der Waals surface area contributed by atoms with Gasteiger partial charge in [-0.25, -0.2) is 0 Å². The van der Waals surface area contributed by atoms with Crippen LogP contribution in [-0.2, 0) is 4.79 Å². The molecule has 1 saturated heterocycles. The average Bonchev–Trinajstić information content (AvgIpc) is 3.27. The minimum atomic E-state index is -0.434. The molecule has 0 bridgehead atoms. The SMILES string of the molecule is CCCNC(=O)c1ccc(-c2cncc3cc(/C=C4\SC(=O)NC4=O)oc23)cc1. The van der Waals surface area contributed by atoms with E-state index in [0.717, 1.165) is 34.7 Å². The summed E-state index contributed by atoms with van der Waals surface area (Å²) in [6, 6.07) is 8.97. The van der Waals surface area contributed by atoms with Gasteiger partial charge in [-0.1, -0.05) is 19.1 Å². The number of fused-ring (bicyclic) bond motifs is 1. The van der Waals surface area contributed by atoms with E-state index in [1.54, 1.807) is 30.6 Å². The molecule has 2 aromatic heterocycles. The number of amides is 3. The van der Waals surface area contributed by atoms with Crippen LogP contribution >= 0.6 is 11.8 Å². The molecule has 29 heavy (non-hydrogen) atoms. The number of pyridine rings is 1. The van der Waals surface area contributed by atoms with Crippen molar-refractivity contribution in [2.24, 2.45) is 0 Å². The van der Waals surface area contributed by atoms with Gasteiger partial charge in [-0.2, -0.15) is 0 Å². The van der Waals surface area contributed by atoms with Gasteiger partial charge in [-0.05, 0) is 41.9 Å². The lowest BCUT2D eigenvalue weighted by atomic mass is 10.0. The number of nitrogens with one attached hydrogen (secondary N) is 2. The highest BCUT2D eigenvalue weighted by molar-refractivity contribution is 8.18. The Morgan fingerprint density at radius 1 is 1.24 bits per heavy atom. The number of benzene rings is 1. The van der Waals surface area contributed by atoms with Gasteiger partial charge in [0.2, 0.25) is 0 Å². The summed E-state index contributed by atoms with van der Waals surface area (Å²) in [5.41, 5.74) is 2.82. The van der Waals surface area contributed by atoms with Crippen molar-refractivity contribution in [3.05, 3.63) is 59.0 Å². The summed E-state index contributed by atoms with van der Waals surface area (Å²) in [6.45, 7) is 2.64. The van der Waals surface area contributed by atoms with Crippen LogP contribution in [0.25, 0.3) is 28.2 Å². The number of rotatable bonds is 5. The fourth-order valence-corrected chi connectivity index (χ4v) is 3.61. The van der Waals surface area contributed by atoms with Crippen LogP contribution in [0.15, 0.2) is 52.0 Å². The summed E-state index contributed by atoms with van der Waals surface area (Å²) in [7, 11) is 0. The van der Waals surface area contributed by atoms with Crippen LogP contribution in [-0.4, -0.2) is 28.6 Å². The van der Waals surface area contributed by atoms with Crippen molar-refractivity contribution < 1.29 is 18.8 Å². The molecule has 146 valence electrons. The van der Waals surface area contributed by atoms with E-state index in [1.807, 2.05) is 19.1 Å². The molecule has 1 fully saturated rings. The first-order valence-electron chi connectivity index (χ1n) is 9.06. The number of carbonyl (C=O) groups is 3. The second kappa shape index (κ2) is 7.92. The Morgan fingerprint density at radius 2 is 2.03 bits per heavy atom. The summed E-state index contributed by atoms with van der Waals surface area (Å²) in [5.74, 6) is -0.0866. The van der Waals surface area contributed by atoms with Gasteiger partial charge in [-0.3, -0.25) is 24.7 Å². The van der Waals surface area contributed by atoms with Crippen molar-refractivity contribution in [1.82, 2.24) is 15.6 Å². The summed E-state index contributed by atoms with van der Waals surface area (Å²) >= 11 is 0.837. The summed E-state index contributed by atoms with van der Waals surface area (Å²) in [6.07, 6.45) is 5.78. The van der Waals surface area contributed by atoms with Crippen LogP contribution in [0, 0.1) is 0 Å². The minimum absolute atomic E-state index is 0.108. The Balaban J connectivity index is 1.65. The van der Waals surface area contributed by atoms with Crippen LogP contribution in [0.4, 0.5) is 4.79 Å². The molecular formula is C21H17N3O4S. The maximum Gasteiger partial charge on any atom is 0.290 e. The molecule has 0 atom stereocenters. The van der Waals surface area contributed by atoms with Crippen molar-refractivity contribution in [3.63, 3.8) is 0 Å². The Labute approximate surface area is 170 Å². The van der Waals surface area contributed by atoms with E-state index in [-0.39, 0.29) is 10.8 Å². The van der Waals surface area contributed by atoms with E-state index in [1.165, 1.54) is 6.08 Å². The Kier molecular flexibility index (Phi) is 5.18. The van der Waals surface area contributed by atoms with Crippen LogP contribution < -0.4 is 10.6 Å². The van der Waals surface area contributed by atoms with Gasteiger partial charge in [-0.15, -0.1) is 0 Å². The van der Waals surface area contributed by atoms with Gasteiger partial charge < -0.3 is 9.73 Å². The molecule has 1 aromatic carbocycles. The van der Waals surface area contributed by atoms with Crippen LogP contribution in [0.1, 0.15) is 29.5 Å². The van der Waals surface area contributed by atoms with E-state index in [4.69, 9.17) is 4.42 Å². The van der Waals surface area contributed by atoms with Crippen molar-refractivity contribution >= 4 is 45.9 Å². The van der Waals surface area contributed by atoms with E-state index >= 15 is 0 Å². The third-order valence-corrected chi connectivity index (χ3v) is 5.16. The first-order valence-corrected chi connectivity index (χ1v) is 9.88. The third kappa shape index (κ3) is 3.93.